The maximum atomic E-state index is 12.9. The Morgan fingerprint density at radius 1 is 1.06 bits per heavy atom. The maximum Gasteiger partial charge on any atom is 0.337 e. The molecule has 8 heteroatoms. The smallest absolute Gasteiger partial charge is 0.337 e. The molecule has 0 bridgehead atoms. The van der Waals surface area contributed by atoms with Crippen molar-refractivity contribution >= 4 is 17.6 Å². The number of carbonyl (C=O) groups excluding carboxylic acids is 2. The van der Waals surface area contributed by atoms with Gasteiger partial charge >= 0.3 is 5.97 Å². The van der Waals surface area contributed by atoms with Crippen molar-refractivity contribution in [1.29, 1.82) is 0 Å². The summed E-state index contributed by atoms with van der Waals surface area (Å²) in [6.07, 6.45) is -0.959. The van der Waals surface area contributed by atoms with Gasteiger partial charge in [0.1, 0.15) is 5.75 Å². The van der Waals surface area contributed by atoms with Crippen LogP contribution in [0.25, 0.3) is 0 Å². The molecule has 0 spiro atoms. The lowest BCUT2D eigenvalue weighted by atomic mass is 9.87. The zero-order chi connectivity index (χ0) is 22.0. The van der Waals surface area contributed by atoms with Crippen molar-refractivity contribution in [1.82, 2.24) is 5.06 Å². The number of rotatable bonds is 7. The van der Waals surface area contributed by atoms with Crippen LogP contribution in [0.4, 0.5) is 5.69 Å². The normalized spacial score (nSPS) is 25.9. The van der Waals surface area contributed by atoms with Crippen LogP contribution in [0.5, 0.6) is 5.75 Å². The molecule has 1 amide bonds. The zero-order valence-corrected chi connectivity index (χ0v) is 17.8. The van der Waals surface area contributed by atoms with Gasteiger partial charge in [0.2, 0.25) is 0 Å². The topological polar surface area (TPSA) is 77.5 Å². The predicted molar refractivity (Wildman–Crippen MR) is 112 cm³/mol. The summed E-state index contributed by atoms with van der Waals surface area (Å²) >= 11 is 0. The van der Waals surface area contributed by atoms with Crippen LogP contribution < -0.4 is 9.64 Å². The van der Waals surface area contributed by atoms with Gasteiger partial charge in [-0.15, -0.1) is 0 Å². The van der Waals surface area contributed by atoms with Crippen molar-refractivity contribution in [3.05, 3.63) is 60.2 Å². The van der Waals surface area contributed by atoms with Gasteiger partial charge in [0.15, 0.2) is 12.2 Å². The number of β-lactam (4-membered cyclic amide) rings is 1. The Kier molecular flexibility index (Phi) is 6.22. The Bertz CT molecular complexity index is 919. The van der Waals surface area contributed by atoms with Crippen molar-refractivity contribution < 1.29 is 28.6 Å². The number of anilines is 1. The van der Waals surface area contributed by atoms with Crippen LogP contribution in [0, 0.1) is 0 Å². The van der Waals surface area contributed by atoms with E-state index in [0.29, 0.717) is 18.7 Å². The molecule has 31 heavy (non-hydrogen) atoms. The van der Waals surface area contributed by atoms with Gasteiger partial charge in [0, 0.05) is 25.8 Å². The van der Waals surface area contributed by atoms with E-state index in [-0.39, 0.29) is 18.0 Å². The average Bonchev–Trinajstić information content (AvgIpc) is 3.21. The molecule has 0 unspecified atom stereocenters. The van der Waals surface area contributed by atoms with Gasteiger partial charge in [0.25, 0.3) is 5.91 Å². The first-order valence-corrected chi connectivity index (χ1v) is 10.1. The number of hydroxylamine groups is 2. The van der Waals surface area contributed by atoms with E-state index >= 15 is 0 Å². The summed E-state index contributed by atoms with van der Waals surface area (Å²) in [5, 5.41) is 1.77. The van der Waals surface area contributed by atoms with Gasteiger partial charge in [0.05, 0.1) is 26.3 Å². The van der Waals surface area contributed by atoms with E-state index in [1.807, 2.05) is 54.6 Å². The van der Waals surface area contributed by atoms with Crippen molar-refractivity contribution in [2.75, 3.05) is 26.2 Å². The monoisotopic (exact) mass is 426 g/mol. The Labute approximate surface area is 181 Å². The summed E-state index contributed by atoms with van der Waals surface area (Å²) < 4.78 is 15.7. The molecule has 2 aromatic rings. The second-order valence-corrected chi connectivity index (χ2v) is 7.53. The van der Waals surface area contributed by atoms with E-state index in [9.17, 15) is 9.59 Å². The molecule has 0 saturated carbocycles. The van der Waals surface area contributed by atoms with Crippen molar-refractivity contribution in [3.8, 4) is 5.75 Å². The summed E-state index contributed by atoms with van der Waals surface area (Å²) in [6.45, 7) is 0.469. The summed E-state index contributed by atoms with van der Waals surface area (Å²) in [7, 11) is 4.46. The van der Waals surface area contributed by atoms with Crippen molar-refractivity contribution in [2.24, 2.45) is 0 Å². The first kappa shape index (κ1) is 21.3. The molecule has 0 aromatic heterocycles. The van der Waals surface area contributed by atoms with E-state index in [0.717, 1.165) is 11.3 Å². The quantitative estimate of drug-likeness (QED) is 0.496. The highest BCUT2D eigenvalue weighted by atomic mass is 16.7. The van der Waals surface area contributed by atoms with Crippen LogP contribution >= 0.6 is 0 Å². The first-order chi connectivity index (χ1) is 15.1. The molecule has 0 radical (unpaired) electrons. The Morgan fingerprint density at radius 3 is 2.39 bits per heavy atom. The van der Waals surface area contributed by atoms with Crippen LogP contribution in [-0.4, -0.2) is 62.6 Å². The highest BCUT2D eigenvalue weighted by Crippen LogP contribution is 2.39. The van der Waals surface area contributed by atoms with E-state index in [1.54, 1.807) is 17.1 Å². The molecule has 2 aliphatic rings. The summed E-state index contributed by atoms with van der Waals surface area (Å²) in [6, 6.07) is 16.6. The minimum atomic E-state index is -0.732. The number of nitrogens with zero attached hydrogens (tertiary/aromatic N) is 2. The van der Waals surface area contributed by atoms with Crippen LogP contribution in [0.15, 0.2) is 54.6 Å². The van der Waals surface area contributed by atoms with Crippen LogP contribution in [0.3, 0.4) is 0 Å². The second kappa shape index (κ2) is 9.05. The number of hydrogen-bond donors (Lipinski definition) is 0. The predicted octanol–water partition coefficient (Wildman–Crippen LogP) is 2.17. The lowest BCUT2D eigenvalue weighted by molar-refractivity contribution is -0.197. The molecule has 2 fully saturated rings. The maximum absolute atomic E-state index is 12.9. The highest BCUT2D eigenvalue weighted by molar-refractivity contribution is 6.05. The number of amides is 1. The molecule has 2 heterocycles. The number of methoxy groups -OCH3 is 3. The molecular weight excluding hydrogens is 400 g/mol. The summed E-state index contributed by atoms with van der Waals surface area (Å²) in [5.74, 6) is 0.146. The van der Waals surface area contributed by atoms with Gasteiger partial charge < -0.3 is 19.1 Å². The average molecular weight is 426 g/mol. The molecule has 2 saturated heterocycles. The Morgan fingerprint density at radius 2 is 1.77 bits per heavy atom. The van der Waals surface area contributed by atoms with Gasteiger partial charge in [-0.2, -0.15) is 5.06 Å². The van der Waals surface area contributed by atoms with Crippen LogP contribution in [0.2, 0.25) is 0 Å². The number of esters is 1. The fraction of sp³-hybridized carbons (Fsp3) is 0.391. The fourth-order valence-corrected chi connectivity index (χ4v) is 4.26. The number of benzene rings is 2. The number of hydrogen-bond acceptors (Lipinski definition) is 7. The van der Waals surface area contributed by atoms with E-state index < -0.39 is 18.2 Å². The van der Waals surface area contributed by atoms with Gasteiger partial charge in [-0.05, 0) is 29.8 Å². The van der Waals surface area contributed by atoms with Crippen molar-refractivity contribution in [2.45, 2.75) is 37.3 Å². The second-order valence-electron chi connectivity index (χ2n) is 7.53. The largest absolute Gasteiger partial charge is 0.497 e. The Balaban J connectivity index is 1.63. The van der Waals surface area contributed by atoms with Crippen LogP contribution in [-0.2, 0) is 30.4 Å². The molecule has 0 aliphatic carbocycles. The number of carbonyl (C=O) groups is 2. The third-order valence-electron chi connectivity index (χ3n) is 5.82. The SMILES string of the molecule is COC(=O)[C@@H]1C[C@H]([C@H]2[C@@H](OC)C(=O)N2c2ccc(OC)cc2)N(Cc2ccccc2)O1. The van der Waals surface area contributed by atoms with Crippen LogP contribution in [0.1, 0.15) is 12.0 Å². The van der Waals surface area contributed by atoms with Gasteiger partial charge in [-0.25, -0.2) is 4.79 Å². The molecular formula is C23H26N2O6. The lowest BCUT2D eigenvalue weighted by Gasteiger charge is -2.50. The first-order valence-electron chi connectivity index (χ1n) is 10.1. The molecule has 8 nitrogen and oxygen atoms in total. The van der Waals surface area contributed by atoms with Crippen molar-refractivity contribution in [3.63, 3.8) is 0 Å². The van der Waals surface area contributed by atoms with Gasteiger partial charge in [-0.3, -0.25) is 9.63 Å². The molecule has 4 atom stereocenters. The molecule has 2 aromatic carbocycles. The van der Waals surface area contributed by atoms with E-state index in [4.69, 9.17) is 19.0 Å². The molecule has 2 aliphatic heterocycles. The number of ether oxygens (including phenoxy) is 3. The zero-order valence-electron chi connectivity index (χ0n) is 17.8. The summed E-state index contributed by atoms with van der Waals surface area (Å²) in [5.41, 5.74) is 1.78. The minimum Gasteiger partial charge on any atom is -0.497 e. The van der Waals surface area contributed by atoms with Gasteiger partial charge in [-0.1, -0.05) is 30.3 Å². The standard InChI is InChI=1S/C23H26N2O6/c1-28-17-11-9-16(10-12-17)25-20(21(29-2)22(25)26)18-13-19(23(27)30-3)31-24(18)14-15-7-5-4-6-8-15/h4-12,18-21H,13-14H2,1-3H3/t18-,19+,20+,21-/m1/s1. The molecule has 4 rings (SSSR count). The summed E-state index contributed by atoms with van der Waals surface area (Å²) in [4.78, 5) is 32.8. The third-order valence-corrected chi connectivity index (χ3v) is 5.82. The lowest BCUT2D eigenvalue weighted by Crippen LogP contribution is -2.71. The minimum absolute atomic E-state index is 0.126. The fourth-order valence-electron chi connectivity index (χ4n) is 4.26. The molecule has 164 valence electrons. The van der Waals surface area contributed by atoms with E-state index in [2.05, 4.69) is 0 Å². The van der Waals surface area contributed by atoms with E-state index in [1.165, 1.54) is 14.2 Å². The third kappa shape index (κ3) is 4.01. The highest BCUT2D eigenvalue weighted by Gasteiger charge is 2.57. The Hall–Kier alpha value is -2.94. The molecule has 0 N–H and O–H groups in total.